The van der Waals surface area contributed by atoms with Crippen LogP contribution in [-0.4, -0.2) is 47.6 Å². The Labute approximate surface area is 134 Å². The first-order valence-corrected chi connectivity index (χ1v) is 8.66. The molecule has 0 bridgehead atoms. The van der Waals surface area contributed by atoms with E-state index in [1.165, 1.54) is 17.7 Å². The van der Waals surface area contributed by atoms with Crippen LogP contribution in [0.4, 0.5) is 5.82 Å². The van der Waals surface area contributed by atoms with E-state index in [1.807, 2.05) is 0 Å². The molecule has 0 saturated carbocycles. The minimum atomic E-state index is 0.345. The zero-order chi connectivity index (χ0) is 15.0. The number of nitrogens with zero attached hydrogens (tertiary/aromatic N) is 4. The molecule has 6 heteroatoms. The summed E-state index contributed by atoms with van der Waals surface area (Å²) in [5.41, 5.74) is 0. The standard InChI is InChI=1S/C15H21ClN4S/c1-4-20-7-5-11(6-8-20)19(3)13-12-9-10(2)21-14(12)18-15(16)17-13/h9,11H,4-8H2,1-3H3. The van der Waals surface area contributed by atoms with Gasteiger partial charge in [-0.2, -0.15) is 4.98 Å². The molecule has 2 aromatic heterocycles. The van der Waals surface area contributed by atoms with Crippen molar-refractivity contribution in [2.45, 2.75) is 32.7 Å². The van der Waals surface area contributed by atoms with E-state index in [1.54, 1.807) is 11.3 Å². The van der Waals surface area contributed by atoms with Gasteiger partial charge in [-0.1, -0.05) is 6.92 Å². The number of likely N-dealkylation sites (tertiary alicyclic amines) is 1. The molecule has 0 aromatic carbocycles. The normalized spacial score (nSPS) is 17.5. The molecule has 1 saturated heterocycles. The van der Waals surface area contributed by atoms with Crippen LogP contribution in [0.1, 0.15) is 24.6 Å². The van der Waals surface area contributed by atoms with Gasteiger partial charge in [-0.25, -0.2) is 4.98 Å². The maximum absolute atomic E-state index is 6.11. The highest BCUT2D eigenvalue weighted by Crippen LogP contribution is 2.33. The molecule has 0 atom stereocenters. The fraction of sp³-hybridized carbons (Fsp3) is 0.600. The SMILES string of the molecule is CCN1CCC(N(C)c2nc(Cl)nc3sc(C)cc23)CC1. The summed E-state index contributed by atoms with van der Waals surface area (Å²) in [4.78, 5) is 15.9. The van der Waals surface area contributed by atoms with Crippen molar-refractivity contribution >= 4 is 39.0 Å². The van der Waals surface area contributed by atoms with Crippen LogP contribution in [0.2, 0.25) is 5.28 Å². The smallest absolute Gasteiger partial charge is 0.225 e. The van der Waals surface area contributed by atoms with Crippen molar-refractivity contribution in [2.24, 2.45) is 0 Å². The van der Waals surface area contributed by atoms with Crippen LogP contribution in [0.5, 0.6) is 0 Å². The number of aryl methyl sites for hydroxylation is 1. The molecular weight excluding hydrogens is 304 g/mol. The number of thiophene rings is 1. The van der Waals surface area contributed by atoms with E-state index in [-0.39, 0.29) is 0 Å². The molecule has 1 aliphatic rings. The summed E-state index contributed by atoms with van der Waals surface area (Å²) in [6.45, 7) is 7.80. The molecule has 0 aliphatic carbocycles. The first-order valence-electron chi connectivity index (χ1n) is 7.47. The third kappa shape index (κ3) is 3.00. The van der Waals surface area contributed by atoms with E-state index in [2.05, 4.69) is 46.7 Å². The van der Waals surface area contributed by atoms with Gasteiger partial charge in [0.05, 0.1) is 5.39 Å². The predicted octanol–water partition coefficient (Wildman–Crippen LogP) is 3.57. The van der Waals surface area contributed by atoms with Crippen LogP contribution >= 0.6 is 22.9 Å². The minimum Gasteiger partial charge on any atom is -0.356 e. The summed E-state index contributed by atoms with van der Waals surface area (Å²) in [5, 5.41) is 1.47. The van der Waals surface area contributed by atoms with Gasteiger partial charge in [-0.3, -0.25) is 0 Å². The predicted molar refractivity (Wildman–Crippen MR) is 90.7 cm³/mol. The summed E-state index contributed by atoms with van der Waals surface area (Å²) in [6, 6.07) is 2.70. The lowest BCUT2D eigenvalue weighted by molar-refractivity contribution is 0.220. The number of piperidine rings is 1. The summed E-state index contributed by atoms with van der Waals surface area (Å²) < 4.78 is 0. The molecule has 3 rings (SSSR count). The molecule has 0 radical (unpaired) electrons. The van der Waals surface area contributed by atoms with E-state index in [0.29, 0.717) is 11.3 Å². The molecule has 2 aromatic rings. The Morgan fingerprint density at radius 2 is 2.10 bits per heavy atom. The number of aromatic nitrogens is 2. The number of halogens is 1. The Bertz CT molecular complexity index is 634. The summed E-state index contributed by atoms with van der Waals surface area (Å²) >= 11 is 7.79. The van der Waals surface area contributed by atoms with Crippen molar-refractivity contribution in [1.82, 2.24) is 14.9 Å². The first-order chi connectivity index (χ1) is 10.1. The van der Waals surface area contributed by atoms with Crippen molar-refractivity contribution in [3.05, 3.63) is 16.2 Å². The van der Waals surface area contributed by atoms with Crippen molar-refractivity contribution < 1.29 is 0 Å². The Morgan fingerprint density at radius 1 is 1.38 bits per heavy atom. The molecular formula is C15H21ClN4S. The van der Waals surface area contributed by atoms with Crippen LogP contribution in [0.15, 0.2) is 6.07 Å². The zero-order valence-electron chi connectivity index (χ0n) is 12.8. The van der Waals surface area contributed by atoms with E-state index >= 15 is 0 Å². The average molecular weight is 325 g/mol. The molecule has 0 amide bonds. The zero-order valence-corrected chi connectivity index (χ0v) is 14.3. The van der Waals surface area contributed by atoms with Gasteiger partial charge in [-0.15, -0.1) is 11.3 Å². The molecule has 0 N–H and O–H groups in total. The van der Waals surface area contributed by atoms with Gasteiger partial charge in [0.2, 0.25) is 5.28 Å². The summed E-state index contributed by atoms with van der Waals surface area (Å²) in [5.74, 6) is 0.976. The summed E-state index contributed by atoms with van der Waals surface area (Å²) in [7, 11) is 2.14. The molecule has 0 unspecified atom stereocenters. The van der Waals surface area contributed by atoms with Gasteiger partial charge in [0.1, 0.15) is 10.6 Å². The lowest BCUT2D eigenvalue weighted by atomic mass is 10.0. The largest absolute Gasteiger partial charge is 0.356 e. The van der Waals surface area contributed by atoms with E-state index in [4.69, 9.17) is 11.6 Å². The van der Waals surface area contributed by atoms with E-state index in [9.17, 15) is 0 Å². The second-order valence-corrected chi connectivity index (χ2v) is 7.24. The molecule has 3 heterocycles. The van der Waals surface area contributed by atoms with Gasteiger partial charge < -0.3 is 9.80 Å². The molecule has 4 nitrogen and oxygen atoms in total. The fourth-order valence-electron chi connectivity index (χ4n) is 3.07. The number of anilines is 1. The Hall–Kier alpha value is -0.910. The second-order valence-electron chi connectivity index (χ2n) is 5.67. The Morgan fingerprint density at radius 3 is 2.76 bits per heavy atom. The first kappa shape index (κ1) is 15.0. The molecule has 114 valence electrons. The van der Waals surface area contributed by atoms with Gasteiger partial charge in [0.25, 0.3) is 0 Å². The van der Waals surface area contributed by atoms with Crippen LogP contribution in [0.3, 0.4) is 0 Å². The number of rotatable bonds is 3. The molecule has 21 heavy (non-hydrogen) atoms. The van der Waals surface area contributed by atoms with Crippen LogP contribution in [0.25, 0.3) is 10.2 Å². The molecule has 0 spiro atoms. The molecule has 1 fully saturated rings. The Kier molecular flexibility index (Phi) is 4.33. The van der Waals surface area contributed by atoms with Crippen LogP contribution in [0, 0.1) is 6.92 Å². The lowest BCUT2D eigenvalue weighted by Crippen LogP contribution is -2.43. The third-order valence-corrected chi connectivity index (χ3v) is 5.47. The quantitative estimate of drug-likeness (QED) is 0.808. The van der Waals surface area contributed by atoms with Crippen molar-refractivity contribution in [3.8, 4) is 0 Å². The number of fused-ring (bicyclic) bond motifs is 1. The molecule has 1 aliphatic heterocycles. The Balaban J connectivity index is 1.89. The highest BCUT2D eigenvalue weighted by atomic mass is 35.5. The van der Waals surface area contributed by atoms with Gasteiger partial charge in [0.15, 0.2) is 0 Å². The average Bonchev–Trinajstić information content (AvgIpc) is 2.85. The highest BCUT2D eigenvalue weighted by molar-refractivity contribution is 7.18. The fourth-order valence-corrected chi connectivity index (χ4v) is 4.15. The lowest BCUT2D eigenvalue weighted by Gasteiger charge is -2.37. The summed E-state index contributed by atoms with van der Waals surface area (Å²) in [6.07, 6.45) is 2.35. The van der Waals surface area contributed by atoms with Crippen molar-refractivity contribution in [1.29, 1.82) is 0 Å². The highest BCUT2D eigenvalue weighted by Gasteiger charge is 2.24. The van der Waals surface area contributed by atoms with Crippen LogP contribution in [-0.2, 0) is 0 Å². The van der Waals surface area contributed by atoms with Crippen molar-refractivity contribution in [2.75, 3.05) is 31.6 Å². The van der Waals surface area contributed by atoms with Gasteiger partial charge >= 0.3 is 0 Å². The maximum Gasteiger partial charge on any atom is 0.225 e. The maximum atomic E-state index is 6.11. The minimum absolute atomic E-state index is 0.345. The van der Waals surface area contributed by atoms with Crippen molar-refractivity contribution in [3.63, 3.8) is 0 Å². The third-order valence-electron chi connectivity index (χ3n) is 4.35. The van der Waals surface area contributed by atoms with E-state index in [0.717, 1.165) is 35.7 Å². The topological polar surface area (TPSA) is 32.3 Å². The van der Waals surface area contributed by atoms with Crippen LogP contribution < -0.4 is 4.90 Å². The monoisotopic (exact) mass is 324 g/mol. The van der Waals surface area contributed by atoms with Gasteiger partial charge in [-0.05, 0) is 44.0 Å². The van der Waals surface area contributed by atoms with E-state index < -0.39 is 0 Å². The van der Waals surface area contributed by atoms with Gasteiger partial charge in [0, 0.05) is 31.1 Å². The number of hydrogen-bond donors (Lipinski definition) is 0. The number of hydrogen-bond acceptors (Lipinski definition) is 5. The second kappa shape index (κ2) is 6.07.